The molecule has 0 saturated carbocycles. The third-order valence-electron chi connectivity index (χ3n) is 7.16. The highest BCUT2D eigenvalue weighted by Crippen LogP contribution is 2.18. The zero-order valence-corrected chi connectivity index (χ0v) is 30.0. The number of carbonyl (C=O) groups is 5. The van der Waals surface area contributed by atoms with Crippen molar-refractivity contribution in [1.29, 1.82) is 0 Å². The van der Waals surface area contributed by atoms with Crippen molar-refractivity contribution < 1.29 is 55.9 Å². The molecule has 0 aromatic carbocycles. The summed E-state index contributed by atoms with van der Waals surface area (Å²) in [4.78, 5) is 60.8. The molecule has 0 heterocycles. The predicted octanol–water partition coefficient (Wildman–Crippen LogP) is 1.62. The summed E-state index contributed by atoms with van der Waals surface area (Å²) in [6, 6.07) is -0.602. The highest BCUT2D eigenvalue weighted by Gasteiger charge is 2.27. The maximum absolute atomic E-state index is 12.9. The van der Waals surface area contributed by atoms with Crippen LogP contribution in [0.25, 0.3) is 0 Å². The van der Waals surface area contributed by atoms with Crippen molar-refractivity contribution in [1.82, 2.24) is 16.0 Å². The summed E-state index contributed by atoms with van der Waals surface area (Å²) in [5.41, 5.74) is 0. The summed E-state index contributed by atoms with van der Waals surface area (Å²) < 4.78 is 51.2. The topological polar surface area (TPSA) is 213 Å². The fourth-order valence-electron chi connectivity index (χ4n) is 4.35. The molecular weight excluding hydrogens is 650 g/mol. The van der Waals surface area contributed by atoms with E-state index in [1.54, 1.807) is 0 Å². The highest BCUT2D eigenvalue weighted by atomic mass is 32.2. The second-order valence-electron chi connectivity index (χ2n) is 11.8. The van der Waals surface area contributed by atoms with E-state index >= 15 is 0 Å². The van der Waals surface area contributed by atoms with Gasteiger partial charge >= 0.3 is 0 Å². The van der Waals surface area contributed by atoms with E-state index in [1.165, 1.54) is 6.92 Å². The Morgan fingerprint density at radius 2 is 1.19 bits per heavy atom. The smallest absolute Gasteiger partial charge is 0.266 e. The molecule has 16 heteroatoms. The monoisotopic (exact) mass is 709 g/mol. The van der Waals surface area contributed by atoms with Gasteiger partial charge in [-0.15, -0.1) is 0 Å². The van der Waals surface area contributed by atoms with Crippen LogP contribution in [0.15, 0.2) is 0 Å². The van der Waals surface area contributed by atoms with Crippen molar-refractivity contribution in [2.45, 2.75) is 91.5 Å². The predicted molar refractivity (Wildman–Crippen MR) is 179 cm³/mol. The molecule has 4 N–H and O–H groups in total. The molecule has 2 atom stereocenters. The molecule has 0 aliphatic carbocycles. The number of hydrogen-bond acceptors (Lipinski definition) is 11. The largest absolute Gasteiger partial charge is 0.379 e. The number of nitrogens with one attached hydrogen (secondary N) is 3. The van der Waals surface area contributed by atoms with Gasteiger partial charge < -0.3 is 34.9 Å². The van der Waals surface area contributed by atoms with Gasteiger partial charge in [0.25, 0.3) is 10.1 Å². The molecule has 0 radical (unpaired) electrons. The molecule has 3 amide bonds. The number of carbonyl (C=O) groups excluding carboxylic acids is 5. The molecule has 48 heavy (non-hydrogen) atoms. The minimum Gasteiger partial charge on any atom is -0.379 e. The first kappa shape index (κ1) is 45.5. The van der Waals surface area contributed by atoms with Crippen LogP contribution in [0, 0.1) is 11.8 Å². The average Bonchev–Trinajstić information content (AvgIpc) is 3.00. The Kier molecular flexibility index (Phi) is 26.9. The van der Waals surface area contributed by atoms with Crippen molar-refractivity contribution in [3.63, 3.8) is 0 Å². The normalized spacial score (nSPS) is 12.8. The molecule has 0 saturated heterocycles. The maximum Gasteiger partial charge on any atom is 0.266 e. The van der Waals surface area contributed by atoms with Crippen LogP contribution in [0.5, 0.6) is 0 Å². The third kappa shape index (κ3) is 27.5. The van der Waals surface area contributed by atoms with Gasteiger partial charge in [0.1, 0.15) is 5.78 Å². The molecule has 0 aromatic rings. The average molecular weight is 710 g/mol. The minimum absolute atomic E-state index is 0.0528. The lowest BCUT2D eigenvalue weighted by Gasteiger charge is -2.23. The van der Waals surface area contributed by atoms with Gasteiger partial charge in [-0.05, 0) is 32.1 Å². The lowest BCUT2D eigenvalue weighted by Crippen LogP contribution is -2.45. The van der Waals surface area contributed by atoms with Crippen LogP contribution in [-0.2, 0) is 53.0 Å². The van der Waals surface area contributed by atoms with Crippen LogP contribution in [0.1, 0.15) is 85.5 Å². The van der Waals surface area contributed by atoms with Crippen LogP contribution in [-0.4, -0.2) is 120 Å². The number of rotatable bonds is 32. The first-order valence-electron chi connectivity index (χ1n) is 16.9. The standard InChI is InChI=1S/C32H59N3O12S/c1-5-6-10-31(40)35-32(25(2)3)28(37)24-27(26(4)36)9-7-8-13-33-29(38)11-15-44-17-19-46-21-22-47-20-18-45-16-12-30(39)34-14-23-48(41,42)43/h25,27,32H,5-24H2,1-4H3,(H,33,38)(H,34,39)(H,35,40)(H,41,42,43)/t27-,32+/m1/s1. The summed E-state index contributed by atoms with van der Waals surface area (Å²) in [7, 11) is -4.10. The van der Waals surface area contributed by atoms with Gasteiger partial charge in [0.15, 0.2) is 5.78 Å². The van der Waals surface area contributed by atoms with E-state index in [0.717, 1.165) is 12.8 Å². The van der Waals surface area contributed by atoms with Gasteiger partial charge in [-0.3, -0.25) is 28.5 Å². The quantitative estimate of drug-likeness (QED) is 0.0580. The Hall–Kier alpha value is -2.50. The second kappa shape index (κ2) is 28.3. The summed E-state index contributed by atoms with van der Waals surface area (Å²) in [6.45, 7) is 9.92. The lowest BCUT2D eigenvalue weighted by atomic mass is 9.87. The van der Waals surface area contributed by atoms with E-state index < -0.39 is 27.8 Å². The van der Waals surface area contributed by atoms with E-state index in [9.17, 15) is 32.4 Å². The van der Waals surface area contributed by atoms with Gasteiger partial charge in [0.2, 0.25) is 17.7 Å². The Labute approximate surface area is 286 Å². The second-order valence-corrected chi connectivity index (χ2v) is 13.4. The van der Waals surface area contributed by atoms with E-state index in [4.69, 9.17) is 23.5 Å². The fraction of sp³-hybridized carbons (Fsp3) is 0.844. The molecule has 15 nitrogen and oxygen atoms in total. The molecule has 0 aromatic heterocycles. The van der Waals surface area contributed by atoms with Crippen molar-refractivity contribution in [3.8, 4) is 0 Å². The Balaban J connectivity index is 3.81. The molecular formula is C32H59N3O12S. The van der Waals surface area contributed by atoms with Crippen molar-refractivity contribution >= 4 is 39.4 Å². The number of unbranched alkanes of at least 4 members (excludes halogenated alkanes) is 2. The van der Waals surface area contributed by atoms with Crippen molar-refractivity contribution in [2.75, 3.05) is 71.7 Å². The number of hydrogen-bond donors (Lipinski definition) is 4. The SMILES string of the molecule is CCCCC(=O)N[C@H](C(=O)C[C@@H](CCCCNC(=O)CCOCCOCCOCCOCCC(=O)NCCS(=O)(=O)O)C(C)=O)C(C)C. The summed E-state index contributed by atoms with van der Waals surface area (Å²) in [6.07, 6.45) is 4.30. The Morgan fingerprint density at radius 3 is 1.65 bits per heavy atom. The highest BCUT2D eigenvalue weighted by molar-refractivity contribution is 7.85. The van der Waals surface area contributed by atoms with Crippen LogP contribution in [0.4, 0.5) is 0 Å². The molecule has 0 unspecified atom stereocenters. The van der Waals surface area contributed by atoms with Gasteiger partial charge in [-0.25, -0.2) is 0 Å². The molecule has 0 bridgehead atoms. The Bertz CT molecular complexity index is 1040. The van der Waals surface area contributed by atoms with Crippen molar-refractivity contribution in [2.24, 2.45) is 11.8 Å². The van der Waals surface area contributed by atoms with Gasteiger partial charge in [-0.2, -0.15) is 8.42 Å². The number of Topliss-reactive ketones (excluding diaryl/α,β-unsaturated/α-hetero) is 2. The number of amides is 3. The van der Waals surface area contributed by atoms with E-state index in [0.29, 0.717) is 65.3 Å². The van der Waals surface area contributed by atoms with E-state index in [1.807, 2.05) is 20.8 Å². The molecule has 0 aliphatic rings. The zero-order chi connectivity index (χ0) is 36.2. The van der Waals surface area contributed by atoms with Crippen LogP contribution in [0.3, 0.4) is 0 Å². The van der Waals surface area contributed by atoms with E-state index in [2.05, 4.69) is 16.0 Å². The first-order chi connectivity index (χ1) is 22.8. The summed E-state index contributed by atoms with van der Waals surface area (Å²) >= 11 is 0. The van der Waals surface area contributed by atoms with Crippen molar-refractivity contribution in [3.05, 3.63) is 0 Å². The molecule has 0 aliphatic heterocycles. The fourth-order valence-corrected chi connectivity index (χ4v) is 4.71. The molecule has 280 valence electrons. The lowest BCUT2D eigenvalue weighted by molar-refractivity contribution is -0.131. The van der Waals surface area contributed by atoms with Crippen LogP contribution >= 0.6 is 0 Å². The first-order valence-corrected chi connectivity index (χ1v) is 18.5. The number of ketones is 2. The van der Waals surface area contributed by atoms with Crippen LogP contribution in [0.2, 0.25) is 0 Å². The summed E-state index contributed by atoms with van der Waals surface area (Å²) in [5.74, 6) is -1.85. The zero-order valence-electron chi connectivity index (χ0n) is 29.2. The van der Waals surface area contributed by atoms with Crippen LogP contribution < -0.4 is 16.0 Å². The Morgan fingerprint density at radius 1 is 0.688 bits per heavy atom. The summed E-state index contributed by atoms with van der Waals surface area (Å²) in [5, 5.41) is 8.04. The molecule has 0 rings (SSSR count). The van der Waals surface area contributed by atoms with E-state index in [-0.39, 0.29) is 80.8 Å². The molecule has 0 spiro atoms. The third-order valence-corrected chi connectivity index (χ3v) is 7.88. The minimum atomic E-state index is -4.10. The number of ether oxygens (including phenoxy) is 4. The molecule has 0 fully saturated rings. The van der Waals surface area contributed by atoms with Gasteiger partial charge in [-0.1, -0.05) is 33.6 Å². The maximum atomic E-state index is 12.9. The van der Waals surface area contributed by atoms with Gasteiger partial charge in [0, 0.05) is 44.7 Å². The van der Waals surface area contributed by atoms with Gasteiger partial charge in [0.05, 0.1) is 64.6 Å².